The molecular formula is C18H19BrN8OS. The number of hydrazine groups is 1. The first-order valence-electron chi connectivity index (χ1n) is 9.24. The summed E-state index contributed by atoms with van der Waals surface area (Å²) in [6, 6.07) is 5.49. The number of rotatable bonds is 3. The SMILES string of the molecule is CN1C=C(c2nc3c4cccc(Br)c4nc(NC4CSCCNC4=O)n3n2)CN1. The van der Waals surface area contributed by atoms with Crippen LogP contribution in [-0.2, 0) is 4.79 Å². The standard InChI is InChI=1S/C18H19BrN8OS/c1-26-8-10(7-21-26)15-24-16-11-3-2-4-12(19)14(11)23-18(27(16)25-15)22-13-9-29-6-5-20-17(13)28/h2-4,8,13,21H,5-7,9H2,1H3,(H,20,28)(H,22,23). The van der Waals surface area contributed by atoms with Gasteiger partial charge in [-0.15, -0.1) is 5.10 Å². The third-order valence-corrected chi connectivity index (χ3v) is 6.56. The summed E-state index contributed by atoms with van der Waals surface area (Å²) in [5.74, 6) is 2.68. The zero-order chi connectivity index (χ0) is 20.0. The first kappa shape index (κ1) is 18.6. The molecule has 1 unspecified atom stereocenters. The van der Waals surface area contributed by atoms with Gasteiger partial charge >= 0.3 is 0 Å². The highest BCUT2D eigenvalue weighted by molar-refractivity contribution is 9.10. The van der Waals surface area contributed by atoms with Crippen molar-refractivity contribution in [3.8, 4) is 0 Å². The van der Waals surface area contributed by atoms with E-state index in [0.717, 1.165) is 26.7 Å². The van der Waals surface area contributed by atoms with E-state index in [-0.39, 0.29) is 11.9 Å². The molecule has 2 aliphatic heterocycles. The Morgan fingerprint density at radius 2 is 2.24 bits per heavy atom. The maximum Gasteiger partial charge on any atom is 0.243 e. The number of nitrogens with one attached hydrogen (secondary N) is 3. The van der Waals surface area contributed by atoms with Crippen LogP contribution >= 0.6 is 27.7 Å². The van der Waals surface area contributed by atoms with Gasteiger partial charge < -0.3 is 15.6 Å². The van der Waals surface area contributed by atoms with Crippen molar-refractivity contribution in [2.24, 2.45) is 0 Å². The van der Waals surface area contributed by atoms with Crippen molar-refractivity contribution in [1.82, 2.24) is 35.3 Å². The molecule has 0 spiro atoms. The summed E-state index contributed by atoms with van der Waals surface area (Å²) >= 11 is 5.32. The average Bonchev–Trinajstić information content (AvgIpc) is 3.29. The lowest BCUT2D eigenvalue weighted by Crippen LogP contribution is -2.40. The van der Waals surface area contributed by atoms with Crippen LogP contribution in [0.5, 0.6) is 0 Å². The van der Waals surface area contributed by atoms with E-state index in [2.05, 4.69) is 32.0 Å². The lowest BCUT2D eigenvalue weighted by atomic mass is 10.2. The maximum atomic E-state index is 12.4. The maximum absolute atomic E-state index is 12.4. The van der Waals surface area contributed by atoms with E-state index in [9.17, 15) is 4.79 Å². The summed E-state index contributed by atoms with van der Waals surface area (Å²) in [6.45, 7) is 1.34. The van der Waals surface area contributed by atoms with Crippen molar-refractivity contribution in [3.05, 3.63) is 34.7 Å². The molecule has 0 radical (unpaired) electrons. The zero-order valence-electron chi connectivity index (χ0n) is 15.6. The Kier molecular flexibility index (Phi) is 4.80. The molecule has 2 aromatic heterocycles. The number of nitrogens with zero attached hydrogens (tertiary/aromatic N) is 5. The van der Waals surface area contributed by atoms with Crippen LogP contribution in [-0.4, -0.2) is 68.2 Å². The third-order valence-electron chi connectivity index (χ3n) is 4.86. The molecule has 4 heterocycles. The minimum absolute atomic E-state index is 0.0261. The molecule has 9 nitrogen and oxygen atoms in total. The van der Waals surface area contributed by atoms with Gasteiger partial charge in [-0.1, -0.05) is 6.07 Å². The topological polar surface area (TPSA) is 99.5 Å². The van der Waals surface area contributed by atoms with Gasteiger partial charge in [0.1, 0.15) is 6.04 Å². The number of aromatic nitrogens is 4. The molecule has 0 bridgehead atoms. The largest absolute Gasteiger partial charge is 0.353 e. The summed E-state index contributed by atoms with van der Waals surface area (Å²) in [5.41, 5.74) is 5.68. The minimum Gasteiger partial charge on any atom is -0.353 e. The van der Waals surface area contributed by atoms with Gasteiger partial charge in [-0.3, -0.25) is 4.79 Å². The number of para-hydroxylation sites is 1. The van der Waals surface area contributed by atoms with Crippen molar-refractivity contribution in [2.75, 3.05) is 37.0 Å². The molecule has 5 rings (SSSR count). The van der Waals surface area contributed by atoms with Gasteiger partial charge in [-0.25, -0.2) is 15.4 Å². The number of hydrogen-bond acceptors (Lipinski definition) is 8. The Morgan fingerprint density at radius 3 is 3.07 bits per heavy atom. The Morgan fingerprint density at radius 1 is 1.34 bits per heavy atom. The van der Waals surface area contributed by atoms with Gasteiger partial charge in [0.25, 0.3) is 0 Å². The molecule has 1 atom stereocenters. The molecule has 3 aromatic rings. The smallest absolute Gasteiger partial charge is 0.243 e. The quantitative estimate of drug-likeness (QED) is 0.524. The molecule has 0 aliphatic carbocycles. The Labute approximate surface area is 179 Å². The Balaban J connectivity index is 1.66. The van der Waals surface area contributed by atoms with E-state index in [1.165, 1.54) is 0 Å². The van der Waals surface area contributed by atoms with E-state index in [1.807, 2.05) is 36.5 Å². The van der Waals surface area contributed by atoms with E-state index in [4.69, 9.17) is 15.1 Å². The molecule has 29 heavy (non-hydrogen) atoms. The summed E-state index contributed by atoms with van der Waals surface area (Å²) in [4.78, 5) is 22.0. The molecule has 11 heteroatoms. The van der Waals surface area contributed by atoms with Gasteiger partial charge in [0.2, 0.25) is 11.9 Å². The molecule has 1 saturated heterocycles. The van der Waals surface area contributed by atoms with E-state index >= 15 is 0 Å². The lowest BCUT2D eigenvalue weighted by molar-refractivity contribution is -0.121. The van der Waals surface area contributed by atoms with Crippen LogP contribution in [0.1, 0.15) is 5.82 Å². The van der Waals surface area contributed by atoms with Gasteiger partial charge in [-0.2, -0.15) is 16.3 Å². The highest BCUT2D eigenvalue weighted by Gasteiger charge is 2.25. The molecule has 0 saturated carbocycles. The fourth-order valence-electron chi connectivity index (χ4n) is 3.41. The number of anilines is 1. The first-order valence-corrected chi connectivity index (χ1v) is 11.2. The lowest BCUT2D eigenvalue weighted by Gasteiger charge is -2.16. The molecule has 1 amide bonds. The summed E-state index contributed by atoms with van der Waals surface area (Å²) in [7, 11) is 1.94. The van der Waals surface area contributed by atoms with E-state index in [0.29, 0.717) is 36.3 Å². The number of benzene rings is 1. The van der Waals surface area contributed by atoms with Crippen LogP contribution in [0.3, 0.4) is 0 Å². The van der Waals surface area contributed by atoms with Crippen molar-refractivity contribution in [2.45, 2.75) is 6.04 Å². The number of halogens is 1. The predicted octanol–water partition coefficient (Wildman–Crippen LogP) is 1.47. The average molecular weight is 475 g/mol. The monoisotopic (exact) mass is 474 g/mol. The molecule has 2 aliphatic rings. The van der Waals surface area contributed by atoms with Crippen LogP contribution in [0.25, 0.3) is 22.1 Å². The highest BCUT2D eigenvalue weighted by atomic mass is 79.9. The second kappa shape index (κ2) is 7.47. The van der Waals surface area contributed by atoms with Gasteiger partial charge in [0.05, 0.1) is 5.52 Å². The van der Waals surface area contributed by atoms with Gasteiger partial charge in [0.15, 0.2) is 11.5 Å². The molecular weight excluding hydrogens is 456 g/mol. The summed E-state index contributed by atoms with van der Waals surface area (Å²) in [5, 5.41) is 13.7. The van der Waals surface area contributed by atoms with E-state index in [1.54, 1.807) is 16.3 Å². The van der Waals surface area contributed by atoms with Crippen molar-refractivity contribution in [3.63, 3.8) is 0 Å². The fourth-order valence-corrected chi connectivity index (χ4v) is 4.75. The van der Waals surface area contributed by atoms with Gasteiger partial charge in [-0.05, 0) is 28.1 Å². The Hall–Kier alpha value is -2.37. The van der Waals surface area contributed by atoms with Crippen LogP contribution in [0.4, 0.5) is 5.95 Å². The minimum atomic E-state index is -0.385. The Bertz CT molecular complexity index is 1150. The number of fused-ring (bicyclic) bond motifs is 3. The number of carbonyl (C=O) groups excluding carboxylic acids is 1. The van der Waals surface area contributed by atoms with Crippen LogP contribution in [0.15, 0.2) is 28.9 Å². The third kappa shape index (κ3) is 3.43. The summed E-state index contributed by atoms with van der Waals surface area (Å²) < 4.78 is 2.57. The predicted molar refractivity (Wildman–Crippen MR) is 117 cm³/mol. The van der Waals surface area contributed by atoms with Crippen molar-refractivity contribution < 1.29 is 4.79 Å². The van der Waals surface area contributed by atoms with Crippen molar-refractivity contribution in [1.29, 1.82) is 0 Å². The molecule has 3 N–H and O–H groups in total. The second-order valence-corrected chi connectivity index (χ2v) is 8.91. The first-order chi connectivity index (χ1) is 14.1. The summed E-state index contributed by atoms with van der Waals surface area (Å²) in [6.07, 6.45) is 1.97. The number of thioether (sulfide) groups is 1. The number of amides is 1. The second-order valence-electron chi connectivity index (χ2n) is 6.91. The molecule has 1 fully saturated rings. The zero-order valence-corrected chi connectivity index (χ0v) is 18.0. The van der Waals surface area contributed by atoms with Crippen LogP contribution in [0.2, 0.25) is 0 Å². The van der Waals surface area contributed by atoms with Crippen molar-refractivity contribution >= 4 is 61.7 Å². The number of carbonyl (C=O) groups is 1. The van der Waals surface area contributed by atoms with E-state index < -0.39 is 0 Å². The molecule has 1 aromatic carbocycles. The van der Waals surface area contributed by atoms with Gasteiger partial charge in [0, 0.05) is 53.3 Å². The fraction of sp³-hybridized carbons (Fsp3) is 0.333. The highest BCUT2D eigenvalue weighted by Crippen LogP contribution is 2.28. The normalized spacial score (nSPS) is 20.1. The van der Waals surface area contributed by atoms with Crippen LogP contribution < -0.4 is 16.1 Å². The number of hydrogen-bond donors (Lipinski definition) is 3. The van der Waals surface area contributed by atoms with Crippen LogP contribution in [0, 0.1) is 0 Å². The molecule has 150 valence electrons.